The Hall–Kier alpha value is -1.21. The minimum atomic E-state index is 0.00946. The molecule has 0 aromatic carbocycles. The van der Waals surface area contributed by atoms with Crippen molar-refractivity contribution in [1.82, 2.24) is 14.8 Å². The van der Waals surface area contributed by atoms with E-state index in [0.29, 0.717) is 12.5 Å². The van der Waals surface area contributed by atoms with Crippen LogP contribution >= 0.6 is 0 Å². The summed E-state index contributed by atoms with van der Waals surface area (Å²) in [6.07, 6.45) is 2.61. The Balaban J connectivity index is 1.57. The number of pyridine rings is 1. The van der Waals surface area contributed by atoms with E-state index in [2.05, 4.69) is 14.8 Å². The summed E-state index contributed by atoms with van der Waals surface area (Å²) in [5, 5.41) is 17.8. The van der Waals surface area contributed by atoms with Gasteiger partial charge in [0.05, 0.1) is 19.8 Å². The smallest absolute Gasteiger partial charge is 0.213 e. The van der Waals surface area contributed by atoms with Crippen LogP contribution in [-0.2, 0) is 6.61 Å². The van der Waals surface area contributed by atoms with Gasteiger partial charge in [-0.2, -0.15) is 0 Å². The molecule has 2 heterocycles. The number of nitrogens with zero attached hydrogens (tertiary/aromatic N) is 3. The Morgan fingerprint density at radius 2 is 1.76 bits per heavy atom. The second-order valence-corrected chi connectivity index (χ2v) is 5.27. The molecule has 6 nitrogen and oxygen atoms in total. The van der Waals surface area contributed by atoms with Gasteiger partial charge in [-0.25, -0.2) is 4.98 Å². The Morgan fingerprint density at radius 3 is 2.33 bits per heavy atom. The third kappa shape index (κ3) is 5.59. The van der Waals surface area contributed by atoms with E-state index in [1.54, 1.807) is 12.3 Å². The number of aliphatic hydroxyl groups excluding tert-OH is 2. The van der Waals surface area contributed by atoms with Gasteiger partial charge in [-0.3, -0.25) is 4.90 Å². The monoisotopic (exact) mass is 295 g/mol. The van der Waals surface area contributed by atoms with Gasteiger partial charge >= 0.3 is 0 Å². The van der Waals surface area contributed by atoms with Crippen LogP contribution in [0.1, 0.15) is 12.0 Å². The first-order chi connectivity index (χ1) is 10.3. The second-order valence-electron chi connectivity index (χ2n) is 5.27. The first kappa shape index (κ1) is 16.2. The molecule has 0 saturated carbocycles. The number of aliphatic hydroxyl groups is 2. The molecule has 1 fully saturated rings. The Kier molecular flexibility index (Phi) is 6.88. The van der Waals surface area contributed by atoms with Gasteiger partial charge in [-0.15, -0.1) is 0 Å². The van der Waals surface area contributed by atoms with Crippen molar-refractivity contribution in [2.45, 2.75) is 13.0 Å². The van der Waals surface area contributed by atoms with E-state index in [9.17, 15) is 0 Å². The molecule has 6 heteroatoms. The molecule has 21 heavy (non-hydrogen) atoms. The highest BCUT2D eigenvalue weighted by Gasteiger charge is 2.15. The van der Waals surface area contributed by atoms with Crippen molar-refractivity contribution in [3.05, 3.63) is 23.9 Å². The second kappa shape index (κ2) is 8.94. The predicted octanol–water partition coefficient (Wildman–Crippen LogP) is -0.0473. The molecule has 0 bridgehead atoms. The van der Waals surface area contributed by atoms with Crippen LogP contribution < -0.4 is 4.74 Å². The molecular formula is C15H25N3O3. The maximum atomic E-state index is 8.94. The quantitative estimate of drug-likeness (QED) is 0.656. The molecular weight excluding hydrogens is 270 g/mol. The van der Waals surface area contributed by atoms with E-state index >= 15 is 0 Å². The predicted molar refractivity (Wildman–Crippen MR) is 80.2 cm³/mol. The number of β-amino-alcohol motifs (C(OH)–C–C–N with tert-alkyl or cyclic N) is 1. The number of hydrogen-bond acceptors (Lipinski definition) is 6. The van der Waals surface area contributed by atoms with Crippen molar-refractivity contribution >= 4 is 0 Å². The summed E-state index contributed by atoms with van der Waals surface area (Å²) in [7, 11) is 0. The Morgan fingerprint density at radius 1 is 1.05 bits per heavy atom. The van der Waals surface area contributed by atoms with Crippen molar-refractivity contribution in [3.63, 3.8) is 0 Å². The Bertz CT molecular complexity index is 392. The fourth-order valence-corrected chi connectivity index (χ4v) is 2.43. The zero-order valence-electron chi connectivity index (χ0n) is 12.4. The normalized spacial score (nSPS) is 17.0. The number of aromatic nitrogens is 1. The average molecular weight is 295 g/mol. The van der Waals surface area contributed by atoms with Gasteiger partial charge in [0.1, 0.15) is 0 Å². The van der Waals surface area contributed by atoms with Crippen molar-refractivity contribution < 1.29 is 14.9 Å². The third-order valence-corrected chi connectivity index (χ3v) is 3.73. The van der Waals surface area contributed by atoms with Crippen LogP contribution in [0.5, 0.6) is 5.88 Å². The molecule has 0 radical (unpaired) electrons. The van der Waals surface area contributed by atoms with Crippen molar-refractivity contribution in [2.24, 2.45) is 0 Å². The maximum Gasteiger partial charge on any atom is 0.213 e. The molecule has 2 N–H and O–H groups in total. The van der Waals surface area contributed by atoms with Gasteiger partial charge in [0.25, 0.3) is 0 Å². The van der Waals surface area contributed by atoms with Gasteiger partial charge in [0, 0.05) is 51.5 Å². The van der Waals surface area contributed by atoms with Gasteiger partial charge in [0.2, 0.25) is 5.88 Å². The molecule has 1 aliphatic heterocycles. The van der Waals surface area contributed by atoms with Gasteiger partial charge in [0.15, 0.2) is 0 Å². The lowest BCUT2D eigenvalue weighted by Gasteiger charge is -2.34. The van der Waals surface area contributed by atoms with E-state index in [-0.39, 0.29) is 13.2 Å². The van der Waals surface area contributed by atoms with Crippen LogP contribution in [0.15, 0.2) is 18.3 Å². The van der Waals surface area contributed by atoms with Crippen LogP contribution in [-0.4, -0.2) is 77.5 Å². The van der Waals surface area contributed by atoms with Crippen LogP contribution in [0.2, 0.25) is 0 Å². The Labute approximate surface area is 126 Å². The summed E-state index contributed by atoms with van der Waals surface area (Å²) in [5.41, 5.74) is 0.795. The van der Waals surface area contributed by atoms with E-state index in [1.807, 2.05) is 6.07 Å². The highest BCUT2D eigenvalue weighted by Crippen LogP contribution is 2.08. The van der Waals surface area contributed by atoms with Crippen molar-refractivity contribution in [3.8, 4) is 5.88 Å². The van der Waals surface area contributed by atoms with E-state index in [4.69, 9.17) is 14.9 Å². The van der Waals surface area contributed by atoms with Crippen LogP contribution in [0.25, 0.3) is 0 Å². The van der Waals surface area contributed by atoms with E-state index in [1.165, 1.54) is 0 Å². The summed E-state index contributed by atoms with van der Waals surface area (Å²) >= 11 is 0. The maximum absolute atomic E-state index is 8.94. The summed E-state index contributed by atoms with van der Waals surface area (Å²) in [6, 6.07) is 3.61. The molecule has 0 atom stereocenters. The summed E-state index contributed by atoms with van der Waals surface area (Å²) in [5.74, 6) is 0.611. The van der Waals surface area contributed by atoms with Crippen molar-refractivity contribution in [1.29, 1.82) is 0 Å². The fraction of sp³-hybridized carbons (Fsp3) is 0.667. The lowest BCUT2D eigenvalue weighted by molar-refractivity contribution is 0.108. The van der Waals surface area contributed by atoms with Crippen molar-refractivity contribution in [2.75, 3.05) is 52.5 Å². The topological polar surface area (TPSA) is 69.1 Å². The van der Waals surface area contributed by atoms with Gasteiger partial charge < -0.3 is 19.8 Å². The summed E-state index contributed by atoms with van der Waals surface area (Å²) in [6.45, 7) is 6.91. The summed E-state index contributed by atoms with van der Waals surface area (Å²) in [4.78, 5) is 8.86. The van der Waals surface area contributed by atoms with Crippen LogP contribution in [0.4, 0.5) is 0 Å². The largest absolute Gasteiger partial charge is 0.478 e. The van der Waals surface area contributed by atoms with Gasteiger partial charge in [-0.1, -0.05) is 0 Å². The molecule has 1 saturated heterocycles. The molecule has 0 amide bonds. The fourth-order valence-electron chi connectivity index (χ4n) is 2.43. The molecule has 1 aromatic rings. The van der Waals surface area contributed by atoms with E-state index in [0.717, 1.165) is 51.3 Å². The van der Waals surface area contributed by atoms with Crippen LogP contribution in [0, 0.1) is 0 Å². The molecule has 2 rings (SSSR count). The molecule has 0 aliphatic carbocycles. The molecule has 0 unspecified atom stereocenters. The highest BCUT2D eigenvalue weighted by atomic mass is 16.5. The van der Waals surface area contributed by atoms with Gasteiger partial charge in [-0.05, 0) is 18.1 Å². The van der Waals surface area contributed by atoms with Crippen LogP contribution in [0.3, 0.4) is 0 Å². The highest BCUT2D eigenvalue weighted by molar-refractivity contribution is 5.16. The number of piperazine rings is 1. The standard InChI is InChI=1S/C15H25N3O3/c19-10-9-18-7-5-17(6-8-18)4-1-11-21-15-3-2-14(13-20)12-16-15/h2-3,12,19-20H,1,4-11,13H2. The zero-order chi connectivity index (χ0) is 14.9. The molecule has 1 aromatic heterocycles. The first-order valence-electron chi connectivity index (χ1n) is 7.56. The zero-order valence-corrected chi connectivity index (χ0v) is 12.4. The average Bonchev–Trinajstić information content (AvgIpc) is 2.54. The minimum Gasteiger partial charge on any atom is -0.478 e. The molecule has 118 valence electrons. The molecule has 0 spiro atoms. The SMILES string of the molecule is OCCN1CCN(CCCOc2ccc(CO)cn2)CC1. The number of rotatable bonds is 8. The third-order valence-electron chi connectivity index (χ3n) is 3.73. The lowest BCUT2D eigenvalue weighted by Crippen LogP contribution is -2.47. The number of ether oxygens (including phenoxy) is 1. The molecule has 1 aliphatic rings. The van der Waals surface area contributed by atoms with E-state index < -0.39 is 0 Å². The number of hydrogen-bond donors (Lipinski definition) is 2. The minimum absolute atomic E-state index is 0.00946. The lowest BCUT2D eigenvalue weighted by atomic mass is 10.3. The first-order valence-corrected chi connectivity index (χ1v) is 7.56. The summed E-state index contributed by atoms with van der Waals surface area (Å²) < 4.78 is 5.59.